The number of aliphatic hydroxyl groups is 1. The van der Waals surface area contributed by atoms with Crippen LogP contribution in [-0.2, 0) is 0 Å². The van der Waals surface area contributed by atoms with Gasteiger partial charge in [0.05, 0.1) is 6.61 Å². The van der Waals surface area contributed by atoms with Gasteiger partial charge in [-0.05, 0) is 59.9 Å². The van der Waals surface area contributed by atoms with Crippen LogP contribution in [0.2, 0.25) is 5.02 Å². The van der Waals surface area contributed by atoms with Crippen molar-refractivity contribution in [2.75, 3.05) is 6.61 Å². The van der Waals surface area contributed by atoms with Crippen LogP contribution in [0.15, 0.2) is 72.4 Å². The summed E-state index contributed by atoms with van der Waals surface area (Å²) < 4.78 is 0. The summed E-state index contributed by atoms with van der Waals surface area (Å²) in [7, 11) is 0. The van der Waals surface area contributed by atoms with Crippen molar-refractivity contribution in [1.29, 1.82) is 0 Å². The Morgan fingerprint density at radius 1 is 0.962 bits per heavy atom. The van der Waals surface area contributed by atoms with Crippen molar-refractivity contribution < 1.29 is 5.11 Å². The number of aromatic nitrogens is 1. The van der Waals surface area contributed by atoms with E-state index in [1.54, 1.807) is 0 Å². The van der Waals surface area contributed by atoms with Gasteiger partial charge < -0.3 is 5.11 Å². The van der Waals surface area contributed by atoms with E-state index in [4.69, 9.17) is 16.7 Å². The zero-order valence-corrected chi connectivity index (χ0v) is 15.2. The first-order chi connectivity index (χ1) is 12.6. The van der Waals surface area contributed by atoms with Gasteiger partial charge in [-0.2, -0.15) is 0 Å². The van der Waals surface area contributed by atoms with Crippen LogP contribution in [0, 0.1) is 11.8 Å². The Labute approximate surface area is 158 Å². The van der Waals surface area contributed by atoms with Crippen LogP contribution < -0.4 is 0 Å². The van der Waals surface area contributed by atoms with Crippen LogP contribution in [0.4, 0.5) is 0 Å². The third kappa shape index (κ3) is 4.83. The molecule has 0 aliphatic carbocycles. The van der Waals surface area contributed by atoms with E-state index < -0.39 is 0 Å². The van der Waals surface area contributed by atoms with E-state index in [2.05, 4.69) is 16.8 Å². The lowest BCUT2D eigenvalue weighted by Gasteiger charge is -2.01. The van der Waals surface area contributed by atoms with Crippen molar-refractivity contribution in [3.05, 3.63) is 94.3 Å². The molecule has 1 N–H and O–H groups in total. The number of aliphatic hydroxyl groups excluding tert-OH is 1. The molecule has 26 heavy (non-hydrogen) atoms. The normalized spacial score (nSPS) is 11.0. The van der Waals surface area contributed by atoms with Crippen molar-refractivity contribution in [2.24, 2.45) is 0 Å². The van der Waals surface area contributed by atoms with E-state index in [1.807, 2.05) is 79.9 Å². The lowest BCUT2D eigenvalue weighted by atomic mass is 10.1. The molecule has 0 radical (unpaired) electrons. The third-order valence-electron chi connectivity index (χ3n) is 3.85. The van der Waals surface area contributed by atoms with E-state index in [0.717, 1.165) is 38.5 Å². The predicted octanol–water partition coefficient (Wildman–Crippen LogP) is 5.20. The second-order valence-corrected chi connectivity index (χ2v) is 6.40. The number of nitrogens with zero attached hydrogens (tertiary/aromatic N) is 1. The smallest absolute Gasteiger partial charge is 0.113 e. The van der Waals surface area contributed by atoms with Crippen molar-refractivity contribution in [3.63, 3.8) is 0 Å². The van der Waals surface area contributed by atoms with Crippen molar-refractivity contribution in [2.45, 2.75) is 6.92 Å². The zero-order valence-electron chi connectivity index (χ0n) is 14.4. The zero-order chi connectivity index (χ0) is 18.4. The lowest BCUT2D eigenvalue weighted by Crippen LogP contribution is -1.85. The van der Waals surface area contributed by atoms with Gasteiger partial charge in [0.1, 0.15) is 5.69 Å². The average molecular weight is 360 g/mol. The molecule has 3 rings (SSSR count). The average Bonchev–Trinajstić information content (AvgIpc) is 2.68. The second-order valence-electron chi connectivity index (χ2n) is 5.96. The number of halogens is 1. The van der Waals surface area contributed by atoms with E-state index in [9.17, 15) is 0 Å². The summed E-state index contributed by atoms with van der Waals surface area (Å²) in [6.45, 7) is 1.96. The summed E-state index contributed by atoms with van der Waals surface area (Å²) in [5.74, 6) is 6.20. The Balaban J connectivity index is 1.73. The molecule has 3 heteroatoms. The number of benzene rings is 2. The molecule has 2 aromatic carbocycles. The number of hydrogen-bond acceptors (Lipinski definition) is 2. The number of rotatable bonds is 3. The minimum absolute atomic E-state index is 0.0687. The summed E-state index contributed by atoms with van der Waals surface area (Å²) in [6.07, 6.45) is 3.77. The third-order valence-corrected chi connectivity index (χ3v) is 4.10. The highest BCUT2D eigenvalue weighted by Gasteiger charge is 1.98. The maximum Gasteiger partial charge on any atom is 0.113 e. The van der Waals surface area contributed by atoms with Gasteiger partial charge in [0.2, 0.25) is 0 Å². The van der Waals surface area contributed by atoms with Gasteiger partial charge in [-0.25, -0.2) is 4.98 Å². The molecular weight excluding hydrogens is 342 g/mol. The molecule has 0 fully saturated rings. The van der Waals surface area contributed by atoms with Gasteiger partial charge >= 0.3 is 0 Å². The molecule has 2 nitrogen and oxygen atoms in total. The van der Waals surface area contributed by atoms with Gasteiger partial charge in [0.15, 0.2) is 0 Å². The van der Waals surface area contributed by atoms with Crippen LogP contribution in [0.5, 0.6) is 0 Å². The summed E-state index contributed by atoms with van der Waals surface area (Å²) in [5.41, 5.74) is 5.72. The minimum atomic E-state index is 0.0687. The van der Waals surface area contributed by atoms with Crippen LogP contribution in [0.3, 0.4) is 0 Å². The molecule has 0 bridgehead atoms. The fraction of sp³-hybridized carbons (Fsp3) is 0.0870. The summed E-state index contributed by atoms with van der Waals surface area (Å²) >= 11 is 5.92. The quantitative estimate of drug-likeness (QED) is 0.652. The molecule has 3 aromatic rings. The first kappa shape index (κ1) is 17.9. The van der Waals surface area contributed by atoms with Crippen molar-refractivity contribution in [3.8, 4) is 23.0 Å². The van der Waals surface area contributed by atoms with Crippen molar-refractivity contribution >= 4 is 17.7 Å². The van der Waals surface area contributed by atoms with Crippen LogP contribution in [0.1, 0.15) is 23.7 Å². The minimum Gasteiger partial charge on any atom is -0.392 e. The molecule has 1 aromatic heterocycles. The maximum absolute atomic E-state index is 9.06. The largest absolute Gasteiger partial charge is 0.392 e. The van der Waals surface area contributed by atoms with E-state index >= 15 is 0 Å². The van der Waals surface area contributed by atoms with Gasteiger partial charge in [-0.15, -0.1) is 0 Å². The highest BCUT2D eigenvalue weighted by Crippen LogP contribution is 2.20. The van der Waals surface area contributed by atoms with E-state index in [0.29, 0.717) is 0 Å². The first-order valence-electron chi connectivity index (χ1n) is 8.26. The second kappa shape index (κ2) is 8.49. The predicted molar refractivity (Wildman–Crippen MR) is 108 cm³/mol. The Morgan fingerprint density at radius 3 is 2.27 bits per heavy atom. The van der Waals surface area contributed by atoms with Gasteiger partial charge in [0.25, 0.3) is 0 Å². The molecule has 0 aliphatic rings. The molecule has 0 unspecified atom stereocenters. The number of hydrogen-bond donors (Lipinski definition) is 1. The summed E-state index contributed by atoms with van der Waals surface area (Å²) in [6, 6.07) is 19.5. The highest BCUT2D eigenvalue weighted by molar-refractivity contribution is 6.30. The lowest BCUT2D eigenvalue weighted by molar-refractivity contribution is 0.332. The maximum atomic E-state index is 9.06. The molecule has 0 amide bonds. The highest BCUT2D eigenvalue weighted by atomic mass is 35.5. The van der Waals surface area contributed by atoms with E-state index in [1.165, 1.54) is 0 Å². The summed E-state index contributed by atoms with van der Waals surface area (Å²) in [5, 5.41) is 9.78. The Hall–Kier alpha value is -2.86. The topological polar surface area (TPSA) is 33.1 Å². The molecule has 0 spiro atoms. The Kier molecular flexibility index (Phi) is 5.86. The fourth-order valence-electron chi connectivity index (χ4n) is 2.41. The fourth-order valence-corrected chi connectivity index (χ4v) is 2.54. The van der Waals surface area contributed by atoms with Crippen LogP contribution in [-0.4, -0.2) is 16.7 Å². The molecular formula is C23H18ClNO. The molecule has 128 valence electrons. The van der Waals surface area contributed by atoms with Gasteiger partial charge in [0, 0.05) is 22.3 Å². The molecule has 0 aliphatic heterocycles. The van der Waals surface area contributed by atoms with Gasteiger partial charge in [-0.1, -0.05) is 53.9 Å². The molecule has 1 heterocycles. The van der Waals surface area contributed by atoms with Crippen molar-refractivity contribution in [1.82, 2.24) is 4.98 Å². The van der Waals surface area contributed by atoms with E-state index in [-0.39, 0.29) is 6.61 Å². The molecule has 0 atom stereocenters. The molecule has 0 saturated heterocycles. The number of pyridine rings is 1. The first-order valence-corrected chi connectivity index (χ1v) is 8.64. The SMILES string of the molecule is CC(=Cc1ccc(C#Cc2ccc(-c3ccc(Cl)cc3)cn2)cc1)CO. The summed E-state index contributed by atoms with van der Waals surface area (Å²) in [4.78, 5) is 4.42. The monoisotopic (exact) mass is 359 g/mol. The van der Waals surface area contributed by atoms with Crippen LogP contribution in [0.25, 0.3) is 17.2 Å². The standard InChI is InChI=1S/C23H18ClNO/c1-17(16-26)14-19-4-2-18(3-5-19)6-12-23-13-9-21(15-25-23)20-7-10-22(24)11-8-20/h2-5,7-11,13-15,26H,16H2,1H3. The van der Waals surface area contributed by atoms with Crippen LogP contribution >= 0.6 is 11.6 Å². The Bertz CT molecular complexity index is 960. The van der Waals surface area contributed by atoms with Gasteiger partial charge in [-0.3, -0.25) is 0 Å². The molecule has 0 saturated carbocycles. The Morgan fingerprint density at radius 2 is 1.65 bits per heavy atom.